The molecule has 1 aromatic heterocycles. The molecule has 2 N–H and O–H groups in total. The van der Waals surface area contributed by atoms with Crippen LogP contribution in [0.1, 0.15) is 35.3 Å². The Labute approximate surface area is 149 Å². The summed E-state index contributed by atoms with van der Waals surface area (Å²) in [5, 5.41) is 15.0. The standard InChI is InChI=1S/C18H20N2O4S/c1-12-11-25-17(19-12)14-4-2-3-13(9-14)16(23)20-18(10-15(21)22)5-7-24-8-6-18/h2-4,9,11H,5-8,10H2,1H3,(H,20,23)(H,21,22). The largest absolute Gasteiger partial charge is 0.481 e. The number of carboxylic acids is 1. The van der Waals surface area contributed by atoms with Crippen molar-refractivity contribution in [2.24, 2.45) is 0 Å². The molecule has 6 nitrogen and oxygen atoms in total. The van der Waals surface area contributed by atoms with E-state index in [9.17, 15) is 14.7 Å². The zero-order valence-corrected chi connectivity index (χ0v) is 14.8. The fourth-order valence-corrected chi connectivity index (χ4v) is 3.79. The van der Waals surface area contributed by atoms with E-state index >= 15 is 0 Å². The average molecular weight is 360 g/mol. The van der Waals surface area contributed by atoms with Gasteiger partial charge in [0.2, 0.25) is 0 Å². The summed E-state index contributed by atoms with van der Waals surface area (Å²) in [7, 11) is 0. The third kappa shape index (κ3) is 4.24. The van der Waals surface area contributed by atoms with Gasteiger partial charge in [0.1, 0.15) is 5.01 Å². The number of aromatic nitrogens is 1. The smallest absolute Gasteiger partial charge is 0.305 e. The van der Waals surface area contributed by atoms with E-state index in [4.69, 9.17) is 4.74 Å². The molecular formula is C18H20N2O4S. The van der Waals surface area contributed by atoms with Gasteiger partial charge in [-0.05, 0) is 31.9 Å². The lowest BCUT2D eigenvalue weighted by atomic mass is 9.86. The summed E-state index contributed by atoms with van der Waals surface area (Å²) in [5.41, 5.74) is 1.57. The third-order valence-corrected chi connectivity index (χ3v) is 5.32. The second kappa shape index (κ2) is 7.33. The second-order valence-electron chi connectivity index (χ2n) is 6.29. The lowest BCUT2D eigenvalue weighted by Gasteiger charge is -2.36. The average Bonchev–Trinajstić information content (AvgIpc) is 3.01. The highest BCUT2D eigenvalue weighted by Gasteiger charge is 2.36. The Morgan fingerprint density at radius 3 is 2.76 bits per heavy atom. The van der Waals surface area contributed by atoms with Crippen molar-refractivity contribution in [3.8, 4) is 10.6 Å². The van der Waals surface area contributed by atoms with Gasteiger partial charge in [0.15, 0.2) is 0 Å². The molecule has 0 bridgehead atoms. The lowest BCUT2D eigenvalue weighted by Crippen LogP contribution is -2.53. The molecule has 1 aliphatic rings. The molecule has 0 unspecified atom stereocenters. The van der Waals surface area contributed by atoms with Gasteiger partial charge in [0.25, 0.3) is 5.91 Å². The summed E-state index contributed by atoms with van der Waals surface area (Å²) in [6.45, 7) is 2.83. The molecule has 1 aromatic carbocycles. The molecule has 7 heteroatoms. The van der Waals surface area contributed by atoms with Gasteiger partial charge in [-0.3, -0.25) is 9.59 Å². The Bertz CT molecular complexity index is 781. The summed E-state index contributed by atoms with van der Waals surface area (Å²) in [5.74, 6) is -1.19. The number of aliphatic carboxylic acids is 1. The van der Waals surface area contributed by atoms with Crippen molar-refractivity contribution in [2.75, 3.05) is 13.2 Å². The van der Waals surface area contributed by atoms with Crippen LogP contribution in [0, 0.1) is 6.92 Å². The number of benzene rings is 1. The molecule has 2 aromatic rings. The number of nitrogens with one attached hydrogen (secondary N) is 1. The number of carbonyl (C=O) groups excluding carboxylic acids is 1. The molecule has 25 heavy (non-hydrogen) atoms. The predicted octanol–water partition coefficient (Wildman–Crippen LogP) is 2.87. The van der Waals surface area contributed by atoms with Crippen LogP contribution in [0.4, 0.5) is 0 Å². The minimum atomic E-state index is -0.922. The number of carboxylic acid groups (broad SMARTS) is 1. The quantitative estimate of drug-likeness (QED) is 0.856. The van der Waals surface area contributed by atoms with Gasteiger partial charge in [0, 0.05) is 35.4 Å². The molecule has 2 heterocycles. The van der Waals surface area contributed by atoms with Gasteiger partial charge in [-0.15, -0.1) is 11.3 Å². The molecule has 0 saturated carbocycles. The molecule has 0 radical (unpaired) electrons. The summed E-state index contributed by atoms with van der Waals surface area (Å²) in [6, 6.07) is 7.25. The van der Waals surface area contributed by atoms with Gasteiger partial charge in [-0.25, -0.2) is 4.98 Å². The molecule has 1 amide bonds. The molecular weight excluding hydrogens is 340 g/mol. The van der Waals surface area contributed by atoms with E-state index in [1.54, 1.807) is 12.1 Å². The molecule has 3 rings (SSSR count). The highest BCUT2D eigenvalue weighted by atomic mass is 32.1. The van der Waals surface area contributed by atoms with Crippen LogP contribution in [-0.4, -0.2) is 40.7 Å². The van der Waals surface area contributed by atoms with Crippen LogP contribution in [0.5, 0.6) is 0 Å². The summed E-state index contributed by atoms with van der Waals surface area (Å²) >= 11 is 1.53. The van der Waals surface area contributed by atoms with Gasteiger partial charge < -0.3 is 15.2 Å². The maximum atomic E-state index is 12.7. The van der Waals surface area contributed by atoms with Crippen molar-refractivity contribution in [2.45, 2.75) is 31.7 Å². The van der Waals surface area contributed by atoms with E-state index in [1.807, 2.05) is 24.4 Å². The SMILES string of the molecule is Cc1csc(-c2cccc(C(=O)NC3(CC(=O)O)CCOCC3)c2)n1. The monoisotopic (exact) mass is 360 g/mol. The number of thiazole rings is 1. The van der Waals surface area contributed by atoms with E-state index in [0.29, 0.717) is 31.6 Å². The Morgan fingerprint density at radius 2 is 2.12 bits per heavy atom. The fraction of sp³-hybridized carbons (Fsp3) is 0.389. The first-order chi connectivity index (χ1) is 12.0. The second-order valence-corrected chi connectivity index (χ2v) is 7.15. The van der Waals surface area contributed by atoms with Crippen molar-refractivity contribution in [3.05, 3.63) is 40.9 Å². The van der Waals surface area contributed by atoms with Crippen LogP contribution in [-0.2, 0) is 9.53 Å². The number of ether oxygens (including phenoxy) is 1. The topological polar surface area (TPSA) is 88.5 Å². The first kappa shape index (κ1) is 17.6. The van der Waals surface area contributed by atoms with Gasteiger partial charge in [-0.2, -0.15) is 0 Å². The summed E-state index contributed by atoms with van der Waals surface area (Å²) < 4.78 is 5.32. The normalized spacial score (nSPS) is 16.4. The van der Waals surface area contributed by atoms with E-state index in [-0.39, 0.29) is 12.3 Å². The number of amides is 1. The minimum absolute atomic E-state index is 0.104. The van der Waals surface area contributed by atoms with Crippen LogP contribution < -0.4 is 5.32 Å². The first-order valence-electron chi connectivity index (χ1n) is 8.12. The zero-order valence-electron chi connectivity index (χ0n) is 13.9. The number of aryl methyl sites for hydroxylation is 1. The van der Waals surface area contributed by atoms with Crippen molar-refractivity contribution in [3.63, 3.8) is 0 Å². The highest BCUT2D eigenvalue weighted by Crippen LogP contribution is 2.27. The number of hydrogen-bond donors (Lipinski definition) is 2. The van der Waals surface area contributed by atoms with Crippen LogP contribution in [0.2, 0.25) is 0 Å². The molecule has 1 fully saturated rings. The van der Waals surface area contributed by atoms with Crippen LogP contribution >= 0.6 is 11.3 Å². The first-order valence-corrected chi connectivity index (χ1v) is 9.00. The van der Waals surface area contributed by atoms with Gasteiger partial charge >= 0.3 is 5.97 Å². The minimum Gasteiger partial charge on any atom is -0.481 e. The lowest BCUT2D eigenvalue weighted by molar-refractivity contribution is -0.139. The maximum absolute atomic E-state index is 12.7. The Kier molecular flexibility index (Phi) is 5.15. The zero-order chi connectivity index (χ0) is 17.9. The van der Waals surface area contributed by atoms with E-state index in [1.165, 1.54) is 11.3 Å². The van der Waals surface area contributed by atoms with E-state index < -0.39 is 11.5 Å². The Balaban J connectivity index is 1.81. The van der Waals surface area contributed by atoms with Gasteiger partial charge in [0.05, 0.1) is 12.0 Å². The molecule has 1 aliphatic heterocycles. The van der Waals surface area contributed by atoms with E-state index in [0.717, 1.165) is 16.3 Å². The highest BCUT2D eigenvalue weighted by molar-refractivity contribution is 7.13. The number of nitrogens with zero attached hydrogens (tertiary/aromatic N) is 1. The van der Waals surface area contributed by atoms with Crippen molar-refractivity contribution >= 4 is 23.2 Å². The van der Waals surface area contributed by atoms with Crippen molar-refractivity contribution in [1.82, 2.24) is 10.3 Å². The van der Waals surface area contributed by atoms with Crippen molar-refractivity contribution in [1.29, 1.82) is 0 Å². The van der Waals surface area contributed by atoms with Crippen LogP contribution in [0.25, 0.3) is 10.6 Å². The van der Waals surface area contributed by atoms with Crippen LogP contribution in [0.15, 0.2) is 29.6 Å². The molecule has 0 aliphatic carbocycles. The third-order valence-electron chi connectivity index (χ3n) is 4.31. The van der Waals surface area contributed by atoms with E-state index in [2.05, 4.69) is 10.3 Å². The molecule has 132 valence electrons. The fourth-order valence-electron chi connectivity index (χ4n) is 2.99. The maximum Gasteiger partial charge on any atom is 0.305 e. The van der Waals surface area contributed by atoms with Crippen molar-refractivity contribution < 1.29 is 19.4 Å². The molecule has 1 saturated heterocycles. The van der Waals surface area contributed by atoms with Gasteiger partial charge in [-0.1, -0.05) is 12.1 Å². The summed E-state index contributed by atoms with van der Waals surface area (Å²) in [4.78, 5) is 28.4. The number of rotatable bonds is 5. The number of hydrogen-bond acceptors (Lipinski definition) is 5. The number of carbonyl (C=O) groups is 2. The predicted molar refractivity (Wildman–Crippen MR) is 94.8 cm³/mol. The molecule has 0 spiro atoms. The Hall–Kier alpha value is -2.25. The Morgan fingerprint density at radius 1 is 1.36 bits per heavy atom. The van der Waals surface area contributed by atoms with Crippen LogP contribution in [0.3, 0.4) is 0 Å². The summed E-state index contributed by atoms with van der Waals surface area (Å²) in [6.07, 6.45) is 0.889. The molecule has 0 atom stereocenters.